The summed E-state index contributed by atoms with van der Waals surface area (Å²) < 4.78 is 10.9. The molecule has 1 fully saturated rings. The molecule has 0 saturated carbocycles. The van der Waals surface area contributed by atoms with Crippen LogP contribution in [-0.2, 0) is 20.7 Å². The van der Waals surface area contributed by atoms with Crippen LogP contribution < -0.4 is 10.1 Å². The van der Waals surface area contributed by atoms with Gasteiger partial charge >= 0.3 is 5.97 Å². The van der Waals surface area contributed by atoms with Crippen molar-refractivity contribution < 1.29 is 24.2 Å². The Balaban J connectivity index is 1.92. The summed E-state index contributed by atoms with van der Waals surface area (Å²) in [6.45, 7) is 5.76. The molecule has 6 heteroatoms. The summed E-state index contributed by atoms with van der Waals surface area (Å²) in [4.78, 5) is 23.5. The predicted molar refractivity (Wildman–Crippen MR) is 93.7 cm³/mol. The number of amides is 1. The molecule has 0 unspecified atom stereocenters. The number of benzene rings is 1. The zero-order valence-corrected chi connectivity index (χ0v) is 14.9. The van der Waals surface area contributed by atoms with E-state index in [0.29, 0.717) is 38.6 Å². The van der Waals surface area contributed by atoms with E-state index in [1.165, 1.54) is 0 Å². The van der Waals surface area contributed by atoms with Gasteiger partial charge in [0.25, 0.3) is 0 Å². The standard InChI is InChI=1S/C19H27NO5/c1-14(2)13-25-16-5-3-15(4-6-16)11-17(21)20-19(12-18(22)23)7-9-24-10-8-19/h3-6,14H,7-13H2,1-2H3,(H,20,21)(H,22,23). The summed E-state index contributed by atoms with van der Waals surface area (Å²) in [6.07, 6.45) is 1.18. The fourth-order valence-electron chi connectivity index (χ4n) is 2.89. The largest absolute Gasteiger partial charge is 0.493 e. The second-order valence-corrected chi connectivity index (χ2v) is 7.04. The molecule has 138 valence electrons. The summed E-state index contributed by atoms with van der Waals surface area (Å²) in [7, 11) is 0. The Morgan fingerprint density at radius 2 is 1.88 bits per heavy atom. The highest BCUT2D eigenvalue weighted by atomic mass is 16.5. The first-order chi connectivity index (χ1) is 11.9. The Kier molecular flexibility index (Phi) is 6.82. The van der Waals surface area contributed by atoms with Crippen LogP contribution in [0.4, 0.5) is 0 Å². The minimum atomic E-state index is -0.908. The fraction of sp³-hybridized carbons (Fsp3) is 0.579. The van der Waals surface area contributed by atoms with Gasteiger partial charge in [0.15, 0.2) is 0 Å². The van der Waals surface area contributed by atoms with Crippen molar-refractivity contribution in [2.24, 2.45) is 5.92 Å². The minimum Gasteiger partial charge on any atom is -0.493 e. The maximum atomic E-state index is 12.4. The Hall–Kier alpha value is -2.08. The van der Waals surface area contributed by atoms with E-state index >= 15 is 0 Å². The topological polar surface area (TPSA) is 84.9 Å². The zero-order chi connectivity index (χ0) is 18.3. The predicted octanol–water partition coefficient (Wildman–Crippen LogP) is 2.40. The summed E-state index contributed by atoms with van der Waals surface area (Å²) in [6, 6.07) is 7.44. The van der Waals surface area contributed by atoms with Crippen molar-refractivity contribution in [1.82, 2.24) is 5.32 Å². The smallest absolute Gasteiger partial charge is 0.305 e. The molecule has 1 saturated heterocycles. The molecule has 1 aliphatic rings. The number of carboxylic acids is 1. The third-order valence-electron chi connectivity index (χ3n) is 4.22. The van der Waals surface area contributed by atoms with Gasteiger partial charge in [0, 0.05) is 13.2 Å². The van der Waals surface area contributed by atoms with Crippen molar-refractivity contribution in [3.8, 4) is 5.75 Å². The number of rotatable bonds is 8. The van der Waals surface area contributed by atoms with Gasteiger partial charge in [0.1, 0.15) is 5.75 Å². The van der Waals surface area contributed by atoms with Crippen LogP contribution >= 0.6 is 0 Å². The van der Waals surface area contributed by atoms with Gasteiger partial charge in [-0.2, -0.15) is 0 Å². The number of carboxylic acid groups (broad SMARTS) is 1. The van der Waals surface area contributed by atoms with Gasteiger partial charge < -0.3 is 19.9 Å². The van der Waals surface area contributed by atoms with Crippen LogP contribution in [0, 0.1) is 5.92 Å². The van der Waals surface area contributed by atoms with Crippen LogP contribution in [0.1, 0.15) is 38.7 Å². The van der Waals surface area contributed by atoms with Crippen LogP contribution in [0.5, 0.6) is 5.75 Å². The highest BCUT2D eigenvalue weighted by Crippen LogP contribution is 2.25. The van der Waals surface area contributed by atoms with E-state index in [1.54, 1.807) is 0 Å². The molecule has 0 aromatic heterocycles. The third kappa shape index (κ3) is 6.38. The molecule has 1 amide bonds. The highest BCUT2D eigenvalue weighted by molar-refractivity contribution is 5.80. The lowest BCUT2D eigenvalue weighted by Gasteiger charge is -2.36. The van der Waals surface area contributed by atoms with E-state index in [0.717, 1.165) is 11.3 Å². The lowest BCUT2D eigenvalue weighted by molar-refractivity contribution is -0.140. The zero-order valence-electron chi connectivity index (χ0n) is 14.9. The maximum absolute atomic E-state index is 12.4. The second kappa shape index (κ2) is 8.85. The van der Waals surface area contributed by atoms with Crippen LogP contribution in [0.15, 0.2) is 24.3 Å². The first-order valence-corrected chi connectivity index (χ1v) is 8.71. The molecule has 2 N–H and O–H groups in total. The van der Waals surface area contributed by atoms with E-state index in [1.807, 2.05) is 24.3 Å². The summed E-state index contributed by atoms with van der Waals surface area (Å²) in [5, 5.41) is 12.1. The van der Waals surface area contributed by atoms with Crippen molar-refractivity contribution in [1.29, 1.82) is 0 Å². The molecule has 0 aliphatic carbocycles. The van der Waals surface area contributed by atoms with Gasteiger partial charge in [0.2, 0.25) is 5.91 Å². The van der Waals surface area contributed by atoms with Crippen molar-refractivity contribution in [2.75, 3.05) is 19.8 Å². The molecular weight excluding hydrogens is 322 g/mol. The Bertz CT molecular complexity index is 576. The molecular formula is C19H27NO5. The number of carbonyl (C=O) groups is 2. The first kappa shape index (κ1) is 19.2. The van der Waals surface area contributed by atoms with Crippen LogP contribution in [0.3, 0.4) is 0 Å². The number of ether oxygens (including phenoxy) is 2. The number of hydrogen-bond acceptors (Lipinski definition) is 4. The Morgan fingerprint density at radius 3 is 2.44 bits per heavy atom. The first-order valence-electron chi connectivity index (χ1n) is 8.71. The normalized spacial score (nSPS) is 16.4. The van der Waals surface area contributed by atoms with Gasteiger partial charge in [-0.25, -0.2) is 0 Å². The van der Waals surface area contributed by atoms with Gasteiger partial charge in [-0.3, -0.25) is 9.59 Å². The average Bonchev–Trinajstić information content (AvgIpc) is 2.54. The molecule has 25 heavy (non-hydrogen) atoms. The van der Waals surface area contributed by atoms with Gasteiger partial charge in [0.05, 0.1) is 25.0 Å². The van der Waals surface area contributed by atoms with Crippen molar-refractivity contribution in [3.05, 3.63) is 29.8 Å². The summed E-state index contributed by atoms with van der Waals surface area (Å²) in [5.41, 5.74) is 0.161. The van der Waals surface area contributed by atoms with Gasteiger partial charge in [-0.1, -0.05) is 26.0 Å². The van der Waals surface area contributed by atoms with E-state index in [4.69, 9.17) is 14.6 Å². The number of aliphatic carboxylic acids is 1. The highest BCUT2D eigenvalue weighted by Gasteiger charge is 2.36. The summed E-state index contributed by atoms with van der Waals surface area (Å²) in [5.74, 6) is 0.160. The number of hydrogen-bond donors (Lipinski definition) is 2. The summed E-state index contributed by atoms with van der Waals surface area (Å²) >= 11 is 0. The lowest BCUT2D eigenvalue weighted by Crippen LogP contribution is -2.53. The van der Waals surface area contributed by atoms with Crippen molar-refractivity contribution >= 4 is 11.9 Å². The van der Waals surface area contributed by atoms with E-state index in [2.05, 4.69) is 19.2 Å². The molecule has 1 heterocycles. The van der Waals surface area contributed by atoms with Gasteiger partial charge in [-0.05, 0) is 36.5 Å². The number of nitrogens with one attached hydrogen (secondary N) is 1. The molecule has 0 radical (unpaired) electrons. The molecule has 6 nitrogen and oxygen atoms in total. The quantitative estimate of drug-likeness (QED) is 0.753. The molecule has 1 aromatic carbocycles. The SMILES string of the molecule is CC(C)COc1ccc(CC(=O)NC2(CC(=O)O)CCOCC2)cc1. The molecule has 1 aliphatic heterocycles. The van der Waals surface area contributed by atoms with Gasteiger partial charge in [-0.15, -0.1) is 0 Å². The third-order valence-corrected chi connectivity index (χ3v) is 4.22. The van der Waals surface area contributed by atoms with Crippen LogP contribution in [0.25, 0.3) is 0 Å². The Labute approximate surface area is 148 Å². The fourth-order valence-corrected chi connectivity index (χ4v) is 2.89. The monoisotopic (exact) mass is 349 g/mol. The molecule has 2 rings (SSSR count). The van der Waals surface area contributed by atoms with Crippen molar-refractivity contribution in [3.63, 3.8) is 0 Å². The van der Waals surface area contributed by atoms with Crippen LogP contribution in [-0.4, -0.2) is 42.3 Å². The van der Waals surface area contributed by atoms with E-state index in [9.17, 15) is 9.59 Å². The molecule has 0 bridgehead atoms. The van der Waals surface area contributed by atoms with Crippen molar-refractivity contribution in [2.45, 2.75) is 45.1 Å². The van der Waals surface area contributed by atoms with E-state index in [-0.39, 0.29) is 18.7 Å². The minimum absolute atomic E-state index is 0.0793. The number of carbonyl (C=O) groups excluding carboxylic acids is 1. The molecule has 1 aromatic rings. The molecule has 0 atom stereocenters. The second-order valence-electron chi connectivity index (χ2n) is 7.04. The van der Waals surface area contributed by atoms with Crippen LogP contribution in [0.2, 0.25) is 0 Å². The maximum Gasteiger partial charge on any atom is 0.305 e. The van der Waals surface area contributed by atoms with E-state index < -0.39 is 11.5 Å². The lowest BCUT2D eigenvalue weighted by atomic mass is 9.86. The molecule has 0 spiro atoms. The Morgan fingerprint density at radius 1 is 1.24 bits per heavy atom. The average molecular weight is 349 g/mol.